The lowest BCUT2D eigenvalue weighted by Gasteiger charge is -2.17. The number of sulfone groups is 1. The van der Waals surface area contributed by atoms with Crippen LogP contribution in [0.5, 0.6) is 0 Å². The van der Waals surface area contributed by atoms with Crippen molar-refractivity contribution < 1.29 is 13.2 Å². The van der Waals surface area contributed by atoms with Crippen LogP contribution in [0.4, 0.5) is 5.69 Å². The highest BCUT2D eigenvalue weighted by atomic mass is 32.2. The normalized spacial score (nSPS) is 13.8. The quantitative estimate of drug-likeness (QED) is 0.847. The van der Waals surface area contributed by atoms with Gasteiger partial charge in [0.25, 0.3) is 0 Å². The van der Waals surface area contributed by atoms with Crippen LogP contribution in [-0.2, 0) is 26.8 Å². The zero-order valence-corrected chi connectivity index (χ0v) is 13.6. The van der Waals surface area contributed by atoms with Crippen molar-refractivity contribution in [3.05, 3.63) is 65.7 Å². The molecule has 1 heterocycles. The first-order valence-electron chi connectivity index (χ1n) is 7.68. The van der Waals surface area contributed by atoms with Crippen LogP contribution in [0.1, 0.15) is 17.5 Å². The van der Waals surface area contributed by atoms with Crippen molar-refractivity contribution in [3.8, 4) is 0 Å². The molecule has 0 fully saturated rings. The van der Waals surface area contributed by atoms with E-state index in [1.54, 1.807) is 17.0 Å². The van der Waals surface area contributed by atoms with Crippen molar-refractivity contribution in [1.82, 2.24) is 0 Å². The standard InChI is InChI=1S/C18H19NO3S/c20-18(19-12-10-16-8-4-5-9-17(16)19)11-13-23(21,22)14-15-6-2-1-3-7-15/h1-9H,10-14H2. The minimum Gasteiger partial charge on any atom is -0.312 e. The monoisotopic (exact) mass is 329 g/mol. The summed E-state index contributed by atoms with van der Waals surface area (Å²) in [6.07, 6.45) is 0.863. The van der Waals surface area contributed by atoms with E-state index in [2.05, 4.69) is 0 Å². The summed E-state index contributed by atoms with van der Waals surface area (Å²) in [6, 6.07) is 16.8. The van der Waals surface area contributed by atoms with Gasteiger partial charge in [-0.15, -0.1) is 0 Å². The van der Waals surface area contributed by atoms with E-state index in [0.29, 0.717) is 6.54 Å². The molecule has 0 spiro atoms. The first-order chi connectivity index (χ1) is 11.1. The van der Waals surface area contributed by atoms with Gasteiger partial charge in [0.15, 0.2) is 9.84 Å². The molecule has 5 heteroatoms. The number of anilines is 1. The maximum atomic E-state index is 12.4. The van der Waals surface area contributed by atoms with Gasteiger partial charge in [-0.2, -0.15) is 0 Å². The summed E-state index contributed by atoms with van der Waals surface area (Å²) in [5.74, 6) is -0.247. The zero-order valence-electron chi connectivity index (χ0n) is 12.8. The number of carbonyl (C=O) groups is 1. The van der Waals surface area contributed by atoms with Crippen molar-refractivity contribution in [3.63, 3.8) is 0 Å². The second kappa shape index (κ2) is 6.54. The average Bonchev–Trinajstić information content (AvgIpc) is 2.97. The minimum atomic E-state index is -3.28. The molecule has 0 bridgehead atoms. The van der Waals surface area contributed by atoms with Crippen LogP contribution in [0.2, 0.25) is 0 Å². The Labute approximate surface area is 136 Å². The van der Waals surface area contributed by atoms with Gasteiger partial charge in [-0.3, -0.25) is 4.79 Å². The molecule has 0 aliphatic carbocycles. The van der Waals surface area contributed by atoms with Gasteiger partial charge >= 0.3 is 0 Å². The molecule has 3 rings (SSSR count). The van der Waals surface area contributed by atoms with E-state index in [0.717, 1.165) is 23.2 Å². The van der Waals surface area contributed by atoms with Crippen LogP contribution in [0.15, 0.2) is 54.6 Å². The van der Waals surface area contributed by atoms with Gasteiger partial charge in [-0.25, -0.2) is 8.42 Å². The van der Waals surface area contributed by atoms with E-state index >= 15 is 0 Å². The highest BCUT2D eigenvalue weighted by Crippen LogP contribution is 2.28. The third kappa shape index (κ3) is 3.79. The van der Waals surface area contributed by atoms with Gasteiger partial charge in [-0.1, -0.05) is 48.5 Å². The largest absolute Gasteiger partial charge is 0.312 e. The smallest absolute Gasteiger partial charge is 0.228 e. The second-order valence-electron chi connectivity index (χ2n) is 5.75. The Morgan fingerprint density at radius 2 is 1.70 bits per heavy atom. The lowest BCUT2D eigenvalue weighted by atomic mass is 10.2. The molecule has 1 amide bonds. The Hall–Kier alpha value is -2.14. The fourth-order valence-corrected chi connectivity index (χ4v) is 4.21. The number of hydrogen-bond acceptors (Lipinski definition) is 3. The first-order valence-corrected chi connectivity index (χ1v) is 9.50. The molecule has 23 heavy (non-hydrogen) atoms. The number of carbonyl (C=O) groups excluding carboxylic acids is 1. The molecule has 0 N–H and O–H groups in total. The van der Waals surface area contributed by atoms with Crippen LogP contribution in [0.3, 0.4) is 0 Å². The molecule has 0 aromatic heterocycles. The second-order valence-corrected chi connectivity index (χ2v) is 7.94. The van der Waals surface area contributed by atoms with Crippen molar-refractivity contribution in [1.29, 1.82) is 0 Å². The van der Waals surface area contributed by atoms with Gasteiger partial charge in [-0.05, 0) is 23.6 Å². The molecule has 0 saturated heterocycles. The fourth-order valence-electron chi connectivity index (χ4n) is 2.88. The maximum absolute atomic E-state index is 12.4. The Morgan fingerprint density at radius 3 is 2.48 bits per heavy atom. The van der Waals surface area contributed by atoms with Crippen molar-refractivity contribution in [2.24, 2.45) is 0 Å². The predicted molar refractivity (Wildman–Crippen MR) is 91.0 cm³/mol. The fraction of sp³-hybridized carbons (Fsp3) is 0.278. The average molecular weight is 329 g/mol. The highest BCUT2D eigenvalue weighted by molar-refractivity contribution is 7.90. The van der Waals surface area contributed by atoms with E-state index in [4.69, 9.17) is 0 Å². The lowest BCUT2D eigenvalue weighted by Crippen LogP contribution is -2.30. The van der Waals surface area contributed by atoms with Gasteiger partial charge in [0, 0.05) is 18.7 Å². The Morgan fingerprint density at radius 1 is 1.00 bits per heavy atom. The van der Waals surface area contributed by atoms with Gasteiger partial charge < -0.3 is 4.90 Å². The summed E-state index contributed by atoms with van der Waals surface area (Å²) in [7, 11) is -3.28. The first kappa shape index (κ1) is 15.7. The maximum Gasteiger partial charge on any atom is 0.228 e. The van der Waals surface area contributed by atoms with E-state index < -0.39 is 9.84 Å². The molecule has 0 unspecified atom stereocenters. The van der Waals surface area contributed by atoms with Crippen LogP contribution in [-0.4, -0.2) is 26.6 Å². The topological polar surface area (TPSA) is 54.5 Å². The Balaban J connectivity index is 1.61. The molecule has 1 aliphatic rings. The summed E-state index contributed by atoms with van der Waals surface area (Å²) in [6.45, 7) is 0.636. The van der Waals surface area contributed by atoms with E-state index in [1.165, 1.54) is 0 Å². The van der Waals surface area contributed by atoms with Gasteiger partial charge in [0.05, 0.1) is 11.5 Å². The van der Waals surface area contributed by atoms with Crippen molar-refractivity contribution in [2.45, 2.75) is 18.6 Å². The molecule has 0 saturated carbocycles. The Kier molecular flexibility index (Phi) is 4.48. The van der Waals surface area contributed by atoms with Crippen molar-refractivity contribution in [2.75, 3.05) is 17.2 Å². The van der Waals surface area contributed by atoms with Crippen LogP contribution in [0.25, 0.3) is 0 Å². The molecule has 120 valence electrons. The number of benzene rings is 2. The summed E-state index contributed by atoms with van der Waals surface area (Å²) in [5, 5.41) is 0. The van der Waals surface area contributed by atoms with Gasteiger partial charge in [0.1, 0.15) is 0 Å². The number of para-hydroxylation sites is 1. The van der Waals surface area contributed by atoms with Crippen LogP contribution < -0.4 is 4.90 Å². The van der Waals surface area contributed by atoms with Crippen LogP contribution in [0, 0.1) is 0 Å². The molecular weight excluding hydrogens is 310 g/mol. The zero-order chi connectivity index (χ0) is 16.3. The minimum absolute atomic E-state index is 0.0162. The number of fused-ring (bicyclic) bond motifs is 1. The summed E-state index contributed by atoms with van der Waals surface area (Å²) in [5.41, 5.74) is 2.82. The number of rotatable bonds is 5. The summed E-state index contributed by atoms with van der Waals surface area (Å²) < 4.78 is 24.4. The van der Waals surface area contributed by atoms with E-state index in [1.807, 2.05) is 42.5 Å². The highest BCUT2D eigenvalue weighted by Gasteiger charge is 2.25. The third-order valence-corrected chi connectivity index (χ3v) is 5.64. The lowest BCUT2D eigenvalue weighted by molar-refractivity contribution is -0.118. The number of nitrogens with zero attached hydrogens (tertiary/aromatic N) is 1. The molecular formula is C18H19NO3S. The molecule has 0 radical (unpaired) electrons. The number of hydrogen-bond donors (Lipinski definition) is 0. The Bertz CT molecular complexity index is 800. The summed E-state index contributed by atoms with van der Waals surface area (Å²) in [4.78, 5) is 14.1. The molecule has 2 aromatic carbocycles. The van der Waals surface area contributed by atoms with Crippen molar-refractivity contribution >= 4 is 21.4 Å². The molecule has 0 atom stereocenters. The van der Waals surface area contributed by atoms with Crippen LogP contribution >= 0.6 is 0 Å². The van der Waals surface area contributed by atoms with Gasteiger partial charge in [0.2, 0.25) is 5.91 Å². The van der Waals surface area contributed by atoms with E-state index in [9.17, 15) is 13.2 Å². The molecule has 2 aromatic rings. The third-order valence-electron chi connectivity index (χ3n) is 4.04. The molecule has 4 nitrogen and oxygen atoms in total. The van der Waals surface area contributed by atoms with E-state index in [-0.39, 0.29) is 23.8 Å². The molecule has 1 aliphatic heterocycles. The SMILES string of the molecule is O=C(CCS(=O)(=O)Cc1ccccc1)N1CCc2ccccc21. The summed E-state index contributed by atoms with van der Waals surface area (Å²) >= 11 is 0. The number of amides is 1. The predicted octanol–water partition coefficient (Wildman–Crippen LogP) is 2.58.